The fourth-order valence-electron chi connectivity index (χ4n) is 3.21. The molecule has 0 bridgehead atoms. The second kappa shape index (κ2) is 8.32. The summed E-state index contributed by atoms with van der Waals surface area (Å²) in [6, 6.07) is -0.930. The third kappa shape index (κ3) is 4.37. The number of urea groups is 1. The summed E-state index contributed by atoms with van der Waals surface area (Å²) in [4.78, 5) is 40.3. The van der Waals surface area contributed by atoms with Crippen molar-refractivity contribution >= 4 is 17.9 Å². The van der Waals surface area contributed by atoms with Crippen molar-refractivity contribution < 1.29 is 19.1 Å². The van der Waals surface area contributed by atoms with E-state index in [0.29, 0.717) is 13.1 Å². The number of nitrogens with one attached hydrogen (secondary N) is 2. The standard InChI is InChI=1S/C16H28N4O4/c1-11(2)18-16(23)19-8-9-20(13(10-19)15(22)24-3)14(21)12-4-6-17-7-5-12/h11-13,17H,4-10H2,1-3H3,(H,18,23). The number of nitrogens with zero attached hydrogens (tertiary/aromatic N) is 2. The van der Waals surface area contributed by atoms with E-state index in [1.54, 1.807) is 9.80 Å². The highest BCUT2D eigenvalue weighted by molar-refractivity contribution is 5.87. The van der Waals surface area contributed by atoms with Gasteiger partial charge in [-0.2, -0.15) is 0 Å². The molecule has 8 nitrogen and oxygen atoms in total. The molecular weight excluding hydrogens is 312 g/mol. The van der Waals surface area contributed by atoms with E-state index in [9.17, 15) is 14.4 Å². The Morgan fingerprint density at radius 3 is 2.42 bits per heavy atom. The number of ether oxygens (including phenoxy) is 1. The lowest BCUT2D eigenvalue weighted by Gasteiger charge is -2.41. The van der Waals surface area contributed by atoms with Gasteiger partial charge in [0.05, 0.1) is 13.7 Å². The SMILES string of the molecule is COC(=O)C1CN(C(=O)NC(C)C)CCN1C(=O)C1CCNCC1. The van der Waals surface area contributed by atoms with Gasteiger partial charge in [-0.25, -0.2) is 9.59 Å². The molecule has 0 saturated carbocycles. The van der Waals surface area contributed by atoms with Crippen molar-refractivity contribution in [2.45, 2.75) is 38.8 Å². The second-order valence-electron chi connectivity index (χ2n) is 6.65. The lowest BCUT2D eigenvalue weighted by Crippen LogP contribution is -2.62. The van der Waals surface area contributed by atoms with Gasteiger partial charge in [0, 0.05) is 25.0 Å². The van der Waals surface area contributed by atoms with Crippen molar-refractivity contribution in [3.63, 3.8) is 0 Å². The Labute approximate surface area is 142 Å². The topological polar surface area (TPSA) is 91.0 Å². The zero-order valence-electron chi connectivity index (χ0n) is 14.7. The molecule has 0 aromatic carbocycles. The number of hydrogen-bond acceptors (Lipinski definition) is 5. The molecule has 2 rings (SSSR count). The molecule has 2 N–H and O–H groups in total. The molecule has 136 valence electrons. The number of carbonyl (C=O) groups excluding carboxylic acids is 3. The van der Waals surface area contributed by atoms with Gasteiger partial charge in [-0.3, -0.25) is 4.79 Å². The number of methoxy groups -OCH3 is 1. The summed E-state index contributed by atoms with van der Waals surface area (Å²) in [5, 5.41) is 6.05. The van der Waals surface area contributed by atoms with Crippen LogP contribution in [0.3, 0.4) is 0 Å². The summed E-state index contributed by atoms with van der Waals surface area (Å²) < 4.78 is 4.86. The number of hydrogen-bond donors (Lipinski definition) is 2. The van der Waals surface area contributed by atoms with Crippen LogP contribution in [-0.4, -0.2) is 79.6 Å². The average Bonchev–Trinajstić information content (AvgIpc) is 2.60. The predicted octanol–water partition coefficient (Wildman–Crippen LogP) is -0.210. The first-order chi connectivity index (χ1) is 11.4. The van der Waals surface area contributed by atoms with Gasteiger partial charge in [-0.1, -0.05) is 0 Å². The number of esters is 1. The Hall–Kier alpha value is -1.83. The first kappa shape index (κ1) is 18.5. The van der Waals surface area contributed by atoms with E-state index >= 15 is 0 Å². The summed E-state index contributed by atoms with van der Waals surface area (Å²) in [6.07, 6.45) is 1.56. The number of rotatable bonds is 3. The molecule has 2 saturated heterocycles. The summed E-state index contributed by atoms with van der Waals surface area (Å²) in [5.74, 6) is -0.537. The lowest BCUT2D eigenvalue weighted by atomic mass is 9.95. The molecule has 2 aliphatic heterocycles. The van der Waals surface area contributed by atoms with Crippen LogP contribution in [0.5, 0.6) is 0 Å². The molecule has 0 spiro atoms. The van der Waals surface area contributed by atoms with Crippen molar-refractivity contribution in [3.8, 4) is 0 Å². The van der Waals surface area contributed by atoms with Crippen molar-refractivity contribution in [2.75, 3.05) is 39.8 Å². The van der Waals surface area contributed by atoms with Crippen LogP contribution >= 0.6 is 0 Å². The van der Waals surface area contributed by atoms with Gasteiger partial charge in [0.15, 0.2) is 0 Å². The van der Waals surface area contributed by atoms with Crippen molar-refractivity contribution in [1.82, 2.24) is 20.4 Å². The smallest absolute Gasteiger partial charge is 0.330 e. The van der Waals surface area contributed by atoms with Gasteiger partial charge in [0.1, 0.15) is 6.04 Å². The van der Waals surface area contributed by atoms with Crippen LogP contribution in [0.1, 0.15) is 26.7 Å². The van der Waals surface area contributed by atoms with Gasteiger partial charge in [0.2, 0.25) is 5.91 Å². The van der Waals surface area contributed by atoms with E-state index in [1.807, 2.05) is 13.8 Å². The van der Waals surface area contributed by atoms with Crippen LogP contribution in [0.2, 0.25) is 0 Å². The number of piperazine rings is 1. The second-order valence-corrected chi connectivity index (χ2v) is 6.65. The van der Waals surface area contributed by atoms with Gasteiger partial charge in [-0.05, 0) is 39.8 Å². The van der Waals surface area contributed by atoms with Gasteiger partial charge < -0.3 is 25.2 Å². The number of carbonyl (C=O) groups is 3. The van der Waals surface area contributed by atoms with Gasteiger partial charge >= 0.3 is 12.0 Å². The fourth-order valence-corrected chi connectivity index (χ4v) is 3.21. The first-order valence-corrected chi connectivity index (χ1v) is 8.58. The molecule has 1 unspecified atom stereocenters. The molecule has 24 heavy (non-hydrogen) atoms. The minimum atomic E-state index is -0.732. The molecule has 1 atom stereocenters. The normalized spacial score (nSPS) is 22.4. The molecule has 0 aromatic heterocycles. The third-order valence-electron chi connectivity index (χ3n) is 4.52. The third-order valence-corrected chi connectivity index (χ3v) is 4.52. The first-order valence-electron chi connectivity index (χ1n) is 8.58. The van der Waals surface area contributed by atoms with Crippen molar-refractivity contribution in [1.29, 1.82) is 0 Å². The van der Waals surface area contributed by atoms with Crippen molar-refractivity contribution in [2.24, 2.45) is 5.92 Å². The summed E-state index contributed by atoms with van der Waals surface area (Å²) in [6.45, 7) is 6.34. The molecule has 0 radical (unpaired) electrons. The summed E-state index contributed by atoms with van der Waals surface area (Å²) in [7, 11) is 1.31. The van der Waals surface area contributed by atoms with Crippen LogP contribution in [0, 0.1) is 5.92 Å². The lowest BCUT2D eigenvalue weighted by molar-refractivity contribution is -0.157. The molecule has 8 heteroatoms. The molecule has 0 aromatic rings. The van der Waals surface area contributed by atoms with Crippen LogP contribution in [0.25, 0.3) is 0 Å². The van der Waals surface area contributed by atoms with Crippen LogP contribution in [0.15, 0.2) is 0 Å². The maximum Gasteiger partial charge on any atom is 0.330 e. The molecule has 0 aliphatic carbocycles. The molecular formula is C16H28N4O4. The highest BCUT2D eigenvalue weighted by Crippen LogP contribution is 2.20. The maximum atomic E-state index is 12.8. The zero-order chi connectivity index (χ0) is 17.7. The van der Waals surface area contributed by atoms with Crippen molar-refractivity contribution in [3.05, 3.63) is 0 Å². The Kier molecular flexibility index (Phi) is 6.42. The highest BCUT2D eigenvalue weighted by atomic mass is 16.5. The van der Waals surface area contributed by atoms with Crippen LogP contribution < -0.4 is 10.6 Å². The monoisotopic (exact) mass is 340 g/mol. The van der Waals surface area contributed by atoms with E-state index in [0.717, 1.165) is 25.9 Å². The number of amides is 3. The quantitative estimate of drug-likeness (QED) is 0.694. The summed E-state index contributed by atoms with van der Waals surface area (Å²) in [5.41, 5.74) is 0. The Balaban J connectivity index is 2.07. The van der Waals surface area contributed by atoms with E-state index in [4.69, 9.17) is 4.74 Å². The fraction of sp³-hybridized carbons (Fsp3) is 0.812. The van der Waals surface area contributed by atoms with Crippen LogP contribution in [0.4, 0.5) is 4.79 Å². The van der Waals surface area contributed by atoms with E-state index in [2.05, 4.69) is 10.6 Å². The minimum absolute atomic E-state index is 0.00387. The zero-order valence-corrected chi connectivity index (χ0v) is 14.7. The molecule has 3 amide bonds. The Morgan fingerprint density at radius 1 is 1.17 bits per heavy atom. The molecule has 2 fully saturated rings. The highest BCUT2D eigenvalue weighted by Gasteiger charge is 2.40. The average molecular weight is 340 g/mol. The summed E-state index contributed by atoms with van der Waals surface area (Å²) >= 11 is 0. The largest absolute Gasteiger partial charge is 0.467 e. The van der Waals surface area contributed by atoms with E-state index in [-0.39, 0.29) is 30.4 Å². The predicted molar refractivity (Wildman–Crippen MR) is 88.4 cm³/mol. The molecule has 2 heterocycles. The maximum absolute atomic E-state index is 12.8. The Morgan fingerprint density at radius 2 is 1.83 bits per heavy atom. The van der Waals surface area contributed by atoms with Gasteiger partial charge in [-0.15, -0.1) is 0 Å². The van der Waals surface area contributed by atoms with Gasteiger partial charge in [0.25, 0.3) is 0 Å². The molecule has 2 aliphatic rings. The number of piperidine rings is 1. The Bertz CT molecular complexity index is 477. The van der Waals surface area contributed by atoms with E-state index < -0.39 is 12.0 Å². The minimum Gasteiger partial charge on any atom is -0.467 e. The van der Waals surface area contributed by atoms with E-state index in [1.165, 1.54) is 7.11 Å². The van der Waals surface area contributed by atoms with Crippen LogP contribution in [-0.2, 0) is 14.3 Å².